The topological polar surface area (TPSA) is 106 Å². The minimum Gasteiger partial charge on any atom is -0.503 e. The van der Waals surface area contributed by atoms with Crippen molar-refractivity contribution in [3.8, 4) is 5.75 Å². The average Bonchev–Trinajstić information content (AvgIpc) is 3.49. The molecule has 0 unspecified atom stereocenters. The van der Waals surface area contributed by atoms with Crippen molar-refractivity contribution in [1.82, 2.24) is 10.2 Å². The van der Waals surface area contributed by atoms with Crippen molar-refractivity contribution in [1.29, 1.82) is 0 Å². The smallest absolute Gasteiger partial charge is 0.296 e. The zero-order valence-corrected chi connectivity index (χ0v) is 17.7. The first-order valence-corrected chi connectivity index (χ1v) is 11.0. The number of nitrogens with zero attached hydrogens (tertiary/aromatic N) is 3. The number of aliphatic hydroxyl groups is 1. The third-order valence-electron chi connectivity index (χ3n) is 4.46. The van der Waals surface area contributed by atoms with Crippen LogP contribution in [0.4, 0.5) is 5.13 Å². The van der Waals surface area contributed by atoms with Crippen LogP contribution in [0.3, 0.4) is 0 Å². The number of anilines is 1. The van der Waals surface area contributed by atoms with Gasteiger partial charge in [-0.1, -0.05) is 35.2 Å². The van der Waals surface area contributed by atoms with Gasteiger partial charge in [0.1, 0.15) is 5.75 Å². The molecule has 8 nitrogen and oxygen atoms in total. The Balaban J connectivity index is 1.86. The van der Waals surface area contributed by atoms with Crippen LogP contribution in [-0.2, 0) is 4.79 Å². The number of rotatable bonds is 7. The molecule has 1 atom stereocenters. The van der Waals surface area contributed by atoms with E-state index in [0.717, 1.165) is 0 Å². The Morgan fingerprint density at radius 1 is 1.33 bits per heavy atom. The van der Waals surface area contributed by atoms with Crippen molar-refractivity contribution < 1.29 is 23.8 Å². The maximum atomic E-state index is 13.1. The van der Waals surface area contributed by atoms with Gasteiger partial charge in [-0.05, 0) is 43.0 Å². The van der Waals surface area contributed by atoms with E-state index in [2.05, 4.69) is 10.2 Å². The lowest BCUT2D eigenvalue weighted by molar-refractivity contribution is -0.117. The second-order valence-electron chi connectivity index (χ2n) is 6.21. The fourth-order valence-electron chi connectivity index (χ4n) is 3.21. The normalized spacial score (nSPS) is 16.4. The van der Waals surface area contributed by atoms with Crippen molar-refractivity contribution in [2.45, 2.75) is 17.3 Å². The molecular formula is C20H17N3O5S2. The molecule has 1 N–H and O–H groups in total. The van der Waals surface area contributed by atoms with E-state index in [1.807, 2.05) is 13.2 Å². The van der Waals surface area contributed by atoms with E-state index in [-0.39, 0.29) is 16.5 Å². The van der Waals surface area contributed by atoms with Gasteiger partial charge in [-0.2, -0.15) is 0 Å². The number of Topliss-reactive ketones (excluding diaryl/α,β-unsaturated/α-hetero) is 1. The molecule has 0 bridgehead atoms. The Morgan fingerprint density at radius 3 is 2.83 bits per heavy atom. The molecule has 1 aliphatic heterocycles. The Bertz CT molecular complexity index is 1120. The molecule has 3 heterocycles. The lowest BCUT2D eigenvalue weighted by Gasteiger charge is -2.24. The van der Waals surface area contributed by atoms with Crippen molar-refractivity contribution in [2.75, 3.05) is 17.8 Å². The molecule has 1 aliphatic rings. The maximum absolute atomic E-state index is 13.1. The van der Waals surface area contributed by atoms with Crippen LogP contribution in [0.5, 0.6) is 5.75 Å². The van der Waals surface area contributed by atoms with Gasteiger partial charge in [0, 0.05) is 0 Å². The third-order valence-corrected chi connectivity index (χ3v) is 6.36. The van der Waals surface area contributed by atoms with Crippen LogP contribution in [0.15, 0.2) is 62.8 Å². The van der Waals surface area contributed by atoms with Gasteiger partial charge in [-0.3, -0.25) is 14.5 Å². The summed E-state index contributed by atoms with van der Waals surface area (Å²) in [6.07, 6.45) is 3.21. The highest BCUT2D eigenvalue weighted by atomic mass is 32.2. The molecule has 30 heavy (non-hydrogen) atoms. The Kier molecular flexibility index (Phi) is 5.60. The van der Waals surface area contributed by atoms with Gasteiger partial charge in [-0.25, -0.2) is 0 Å². The second-order valence-corrected chi connectivity index (χ2v) is 8.22. The lowest BCUT2D eigenvalue weighted by Crippen LogP contribution is -2.31. The zero-order chi connectivity index (χ0) is 21.3. The van der Waals surface area contributed by atoms with Gasteiger partial charge < -0.3 is 14.3 Å². The first-order chi connectivity index (χ1) is 14.5. The monoisotopic (exact) mass is 443 g/mol. The largest absolute Gasteiger partial charge is 0.503 e. The highest BCUT2D eigenvalue weighted by Gasteiger charge is 2.46. The van der Waals surface area contributed by atoms with E-state index in [4.69, 9.17) is 9.15 Å². The summed E-state index contributed by atoms with van der Waals surface area (Å²) >= 11 is 2.59. The molecule has 0 radical (unpaired) electrons. The molecule has 1 aromatic carbocycles. The number of ether oxygens (including phenoxy) is 1. The SMILES string of the molecule is CCOc1cccc([C@H]2C(C(=O)c3ccco3)=C(O)C(=O)N2c2nnc(SC)s2)c1. The lowest BCUT2D eigenvalue weighted by atomic mass is 9.95. The molecular weight excluding hydrogens is 426 g/mol. The predicted molar refractivity (Wildman–Crippen MR) is 112 cm³/mol. The summed E-state index contributed by atoms with van der Waals surface area (Å²) in [5.74, 6) is -1.32. The summed E-state index contributed by atoms with van der Waals surface area (Å²) in [6, 6.07) is 9.19. The van der Waals surface area contributed by atoms with Gasteiger partial charge in [0.25, 0.3) is 5.91 Å². The van der Waals surface area contributed by atoms with E-state index < -0.39 is 23.5 Å². The van der Waals surface area contributed by atoms with E-state index in [1.54, 1.807) is 30.3 Å². The molecule has 2 aromatic heterocycles. The van der Waals surface area contributed by atoms with E-state index in [9.17, 15) is 14.7 Å². The number of furan rings is 1. The molecule has 4 rings (SSSR count). The van der Waals surface area contributed by atoms with E-state index in [0.29, 0.717) is 22.3 Å². The summed E-state index contributed by atoms with van der Waals surface area (Å²) in [7, 11) is 0. The Hall–Kier alpha value is -3.11. The molecule has 0 spiro atoms. The standard InChI is InChI=1S/C20H17N3O5S2/c1-3-27-12-7-4-6-11(10-12)15-14(16(24)13-8-5-9-28-13)17(25)18(26)23(15)19-21-22-20(29-2)30-19/h4-10,15,25H,3H2,1-2H3/t15-/m0/s1. The highest BCUT2D eigenvalue weighted by molar-refractivity contribution is 8.00. The van der Waals surface area contributed by atoms with E-state index in [1.165, 1.54) is 40.3 Å². The summed E-state index contributed by atoms with van der Waals surface area (Å²) in [5, 5.41) is 19.1. The summed E-state index contributed by atoms with van der Waals surface area (Å²) in [5.41, 5.74) is 0.513. The van der Waals surface area contributed by atoms with Crippen LogP contribution in [0, 0.1) is 0 Å². The number of carbonyl (C=O) groups excluding carboxylic acids is 2. The van der Waals surface area contributed by atoms with Gasteiger partial charge in [-0.15, -0.1) is 10.2 Å². The summed E-state index contributed by atoms with van der Waals surface area (Å²) in [6.45, 7) is 2.32. The molecule has 0 saturated heterocycles. The van der Waals surface area contributed by atoms with Crippen LogP contribution in [-0.4, -0.2) is 39.9 Å². The van der Waals surface area contributed by atoms with Crippen molar-refractivity contribution in [3.05, 3.63) is 65.3 Å². The fraction of sp³-hybridized carbons (Fsp3) is 0.200. The second kappa shape index (κ2) is 8.33. The van der Waals surface area contributed by atoms with Crippen LogP contribution in [0.2, 0.25) is 0 Å². The molecule has 0 fully saturated rings. The number of ketones is 1. The number of hydrogen-bond acceptors (Lipinski definition) is 9. The molecule has 0 aliphatic carbocycles. The summed E-state index contributed by atoms with van der Waals surface area (Å²) < 4.78 is 11.5. The van der Waals surface area contributed by atoms with Gasteiger partial charge in [0.2, 0.25) is 10.9 Å². The predicted octanol–water partition coefficient (Wildman–Crippen LogP) is 4.03. The number of aromatic nitrogens is 2. The van der Waals surface area contributed by atoms with Gasteiger partial charge >= 0.3 is 0 Å². The first kappa shape index (κ1) is 20.2. The number of hydrogen-bond donors (Lipinski definition) is 1. The number of thioether (sulfide) groups is 1. The van der Waals surface area contributed by atoms with Crippen LogP contribution in [0.25, 0.3) is 0 Å². The van der Waals surface area contributed by atoms with Crippen LogP contribution in [0.1, 0.15) is 29.1 Å². The average molecular weight is 444 g/mol. The molecule has 0 saturated carbocycles. The van der Waals surface area contributed by atoms with Crippen molar-refractivity contribution in [3.63, 3.8) is 0 Å². The van der Waals surface area contributed by atoms with Gasteiger partial charge in [0.05, 0.1) is 24.5 Å². The number of amides is 1. The number of aliphatic hydroxyl groups excluding tert-OH is 1. The molecule has 1 amide bonds. The van der Waals surface area contributed by atoms with Crippen molar-refractivity contribution in [2.24, 2.45) is 0 Å². The number of carbonyl (C=O) groups is 2. The molecule has 10 heteroatoms. The van der Waals surface area contributed by atoms with Crippen molar-refractivity contribution >= 4 is 39.9 Å². The zero-order valence-electron chi connectivity index (χ0n) is 16.1. The first-order valence-electron chi connectivity index (χ1n) is 9.00. The summed E-state index contributed by atoms with van der Waals surface area (Å²) in [4.78, 5) is 27.4. The minimum absolute atomic E-state index is 0.0271. The fourth-order valence-corrected chi connectivity index (χ4v) is 4.50. The Labute approximate surface area is 180 Å². The quantitative estimate of drug-likeness (QED) is 0.331. The van der Waals surface area contributed by atoms with E-state index >= 15 is 0 Å². The third kappa shape index (κ3) is 3.48. The maximum Gasteiger partial charge on any atom is 0.296 e. The Morgan fingerprint density at radius 2 is 2.17 bits per heavy atom. The number of benzene rings is 1. The van der Waals surface area contributed by atoms with Crippen LogP contribution < -0.4 is 9.64 Å². The van der Waals surface area contributed by atoms with Crippen LogP contribution >= 0.6 is 23.1 Å². The minimum atomic E-state index is -0.904. The molecule has 154 valence electrons. The van der Waals surface area contributed by atoms with Gasteiger partial charge in [0.15, 0.2) is 15.9 Å². The highest BCUT2D eigenvalue weighted by Crippen LogP contribution is 2.44. The molecule has 3 aromatic rings.